The van der Waals surface area contributed by atoms with Gasteiger partial charge in [-0.05, 0) is 12.8 Å². The van der Waals surface area contributed by atoms with Gasteiger partial charge in [-0.2, -0.15) is 0 Å². The molecular weight excluding hydrogens is 176 g/mol. The number of rotatable bonds is 3. The molecule has 1 aliphatic rings. The summed E-state index contributed by atoms with van der Waals surface area (Å²) in [6, 6.07) is 0. The standard InChI is InChI=1S/C11H22N2O/c12-8-9-13-11(14)10-6-4-2-1-3-5-7-10/h10H,1-9,12H2,(H,13,14). The summed E-state index contributed by atoms with van der Waals surface area (Å²) < 4.78 is 0. The third kappa shape index (κ3) is 4.09. The fraction of sp³-hybridized carbons (Fsp3) is 0.909. The number of nitrogens with one attached hydrogen (secondary N) is 1. The molecule has 0 aromatic heterocycles. The van der Waals surface area contributed by atoms with E-state index < -0.39 is 0 Å². The maximum absolute atomic E-state index is 11.7. The first-order valence-corrected chi connectivity index (χ1v) is 5.82. The Morgan fingerprint density at radius 3 is 2.29 bits per heavy atom. The van der Waals surface area contributed by atoms with Crippen molar-refractivity contribution in [2.24, 2.45) is 11.7 Å². The summed E-state index contributed by atoms with van der Waals surface area (Å²) in [5, 5.41) is 2.89. The smallest absolute Gasteiger partial charge is 0.223 e. The summed E-state index contributed by atoms with van der Waals surface area (Å²) in [6.07, 6.45) is 8.48. The van der Waals surface area contributed by atoms with Gasteiger partial charge in [-0.25, -0.2) is 0 Å². The summed E-state index contributed by atoms with van der Waals surface area (Å²) in [6.45, 7) is 1.16. The number of amides is 1. The van der Waals surface area contributed by atoms with Gasteiger partial charge >= 0.3 is 0 Å². The molecule has 14 heavy (non-hydrogen) atoms. The number of hydrogen-bond donors (Lipinski definition) is 2. The van der Waals surface area contributed by atoms with Gasteiger partial charge in [0, 0.05) is 19.0 Å². The molecule has 0 heterocycles. The van der Waals surface area contributed by atoms with Crippen LogP contribution in [0.5, 0.6) is 0 Å². The second-order valence-corrected chi connectivity index (χ2v) is 4.12. The van der Waals surface area contributed by atoms with E-state index in [4.69, 9.17) is 5.73 Å². The topological polar surface area (TPSA) is 55.1 Å². The van der Waals surface area contributed by atoms with Crippen LogP contribution in [0.1, 0.15) is 44.9 Å². The number of nitrogens with two attached hydrogens (primary N) is 1. The van der Waals surface area contributed by atoms with E-state index in [1.807, 2.05) is 0 Å². The predicted molar refractivity (Wildman–Crippen MR) is 57.9 cm³/mol. The molecule has 3 heteroatoms. The number of hydrogen-bond acceptors (Lipinski definition) is 2. The number of carbonyl (C=O) groups excluding carboxylic acids is 1. The second-order valence-electron chi connectivity index (χ2n) is 4.12. The Labute approximate surface area is 86.4 Å². The molecule has 0 bridgehead atoms. The van der Waals surface area contributed by atoms with E-state index in [1.165, 1.54) is 32.1 Å². The van der Waals surface area contributed by atoms with Crippen molar-refractivity contribution in [3.05, 3.63) is 0 Å². The van der Waals surface area contributed by atoms with Crippen LogP contribution in [0.2, 0.25) is 0 Å². The van der Waals surface area contributed by atoms with E-state index in [9.17, 15) is 4.79 Å². The highest BCUT2D eigenvalue weighted by Crippen LogP contribution is 2.22. The van der Waals surface area contributed by atoms with Gasteiger partial charge in [0.2, 0.25) is 5.91 Å². The lowest BCUT2D eigenvalue weighted by Crippen LogP contribution is -2.34. The van der Waals surface area contributed by atoms with Crippen LogP contribution in [0, 0.1) is 5.92 Å². The molecule has 0 spiro atoms. The summed E-state index contributed by atoms with van der Waals surface area (Å²) in [7, 11) is 0. The third-order valence-electron chi connectivity index (χ3n) is 2.92. The summed E-state index contributed by atoms with van der Waals surface area (Å²) in [5.74, 6) is 0.471. The molecule has 1 rings (SSSR count). The molecule has 1 aliphatic carbocycles. The highest BCUT2D eigenvalue weighted by Gasteiger charge is 2.18. The third-order valence-corrected chi connectivity index (χ3v) is 2.92. The fourth-order valence-corrected chi connectivity index (χ4v) is 2.06. The van der Waals surface area contributed by atoms with Crippen LogP contribution in [-0.4, -0.2) is 19.0 Å². The van der Waals surface area contributed by atoms with Gasteiger partial charge in [0.15, 0.2) is 0 Å². The maximum atomic E-state index is 11.7. The average molecular weight is 198 g/mol. The van der Waals surface area contributed by atoms with Gasteiger partial charge in [-0.1, -0.05) is 32.1 Å². The molecule has 1 saturated carbocycles. The lowest BCUT2D eigenvalue weighted by Gasteiger charge is -2.18. The Bertz CT molecular complexity index is 163. The SMILES string of the molecule is NCCNC(=O)C1CCCCCCC1. The first-order chi connectivity index (χ1) is 6.84. The van der Waals surface area contributed by atoms with Crippen molar-refractivity contribution < 1.29 is 4.79 Å². The molecule has 82 valence electrons. The van der Waals surface area contributed by atoms with E-state index in [-0.39, 0.29) is 11.8 Å². The lowest BCUT2D eigenvalue weighted by molar-refractivity contribution is -0.125. The molecule has 0 aliphatic heterocycles. The Kier molecular flexibility index (Phi) is 5.60. The molecular formula is C11H22N2O. The summed E-state index contributed by atoms with van der Waals surface area (Å²) in [5.41, 5.74) is 5.35. The molecule has 0 unspecified atom stereocenters. The first-order valence-electron chi connectivity index (χ1n) is 5.82. The average Bonchev–Trinajstić information content (AvgIpc) is 2.13. The minimum absolute atomic E-state index is 0.220. The van der Waals surface area contributed by atoms with Crippen LogP contribution in [0.4, 0.5) is 0 Å². The minimum Gasteiger partial charge on any atom is -0.355 e. The van der Waals surface area contributed by atoms with Crippen LogP contribution in [0.25, 0.3) is 0 Å². The molecule has 0 radical (unpaired) electrons. The van der Waals surface area contributed by atoms with Crippen molar-refractivity contribution in [1.29, 1.82) is 0 Å². The molecule has 1 fully saturated rings. The monoisotopic (exact) mass is 198 g/mol. The quantitative estimate of drug-likeness (QED) is 0.720. The van der Waals surface area contributed by atoms with Gasteiger partial charge in [0.05, 0.1) is 0 Å². The van der Waals surface area contributed by atoms with Crippen molar-refractivity contribution >= 4 is 5.91 Å². The predicted octanol–water partition coefficient (Wildman–Crippen LogP) is 1.42. The zero-order chi connectivity index (χ0) is 10.2. The van der Waals surface area contributed by atoms with Gasteiger partial charge in [0.1, 0.15) is 0 Å². The maximum Gasteiger partial charge on any atom is 0.223 e. The van der Waals surface area contributed by atoms with Crippen molar-refractivity contribution in [3.63, 3.8) is 0 Å². The largest absolute Gasteiger partial charge is 0.355 e. The molecule has 0 saturated heterocycles. The Morgan fingerprint density at radius 2 is 1.71 bits per heavy atom. The molecule has 0 atom stereocenters. The van der Waals surface area contributed by atoms with Gasteiger partial charge in [-0.3, -0.25) is 4.79 Å². The van der Waals surface area contributed by atoms with E-state index >= 15 is 0 Å². The van der Waals surface area contributed by atoms with Crippen LogP contribution in [0.15, 0.2) is 0 Å². The fourth-order valence-electron chi connectivity index (χ4n) is 2.06. The molecule has 3 N–H and O–H groups in total. The van der Waals surface area contributed by atoms with Crippen LogP contribution in [-0.2, 0) is 4.79 Å². The molecule has 0 aromatic rings. The van der Waals surface area contributed by atoms with Gasteiger partial charge in [0.25, 0.3) is 0 Å². The van der Waals surface area contributed by atoms with E-state index in [1.54, 1.807) is 0 Å². The van der Waals surface area contributed by atoms with Crippen molar-refractivity contribution in [3.8, 4) is 0 Å². The van der Waals surface area contributed by atoms with Gasteiger partial charge in [-0.15, -0.1) is 0 Å². The Hall–Kier alpha value is -0.570. The van der Waals surface area contributed by atoms with E-state index in [0.717, 1.165) is 12.8 Å². The summed E-state index contributed by atoms with van der Waals surface area (Å²) in [4.78, 5) is 11.7. The zero-order valence-electron chi connectivity index (χ0n) is 8.93. The highest BCUT2D eigenvalue weighted by molar-refractivity contribution is 5.78. The van der Waals surface area contributed by atoms with E-state index in [0.29, 0.717) is 13.1 Å². The highest BCUT2D eigenvalue weighted by atomic mass is 16.1. The van der Waals surface area contributed by atoms with E-state index in [2.05, 4.69) is 5.32 Å². The summed E-state index contributed by atoms with van der Waals surface area (Å²) >= 11 is 0. The Morgan fingerprint density at radius 1 is 1.14 bits per heavy atom. The molecule has 0 aromatic carbocycles. The van der Waals surface area contributed by atoms with Crippen LogP contribution < -0.4 is 11.1 Å². The van der Waals surface area contributed by atoms with Crippen LogP contribution in [0.3, 0.4) is 0 Å². The lowest BCUT2D eigenvalue weighted by atomic mass is 9.90. The van der Waals surface area contributed by atoms with Crippen molar-refractivity contribution in [2.45, 2.75) is 44.9 Å². The minimum atomic E-state index is 0.220. The number of carbonyl (C=O) groups is 1. The van der Waals surface area contributed by atoms with Crippen molar-refractivity contribution in [1.82, 2.24) is 5.32 Å². The van der Waals surface area contributed by atoms with Gasteiger partial charge < -0.3 is 11.1 Å². The molecule has 3 nitrogen and oxygen atoms in total. The van der Waals surface area contributed by atoms with Crippen LogP contribution >= 0.6 is 0 Å². The normalized spacial score (nSPS) is 19.8. The second kappa shape index (κ2) is 6.82. The molecule has 1 amide bonds. The van der Waals surface area contributed by atoms with Crippen molar-refractivity contribution in [2.75, 3.05) is 13.1 Å². The first kappa shape index (κ1) is 11.5. The Balaban J connectivity index is 2.27. The zero-order valence-corrected chi connectivity index (χ0v) is 8.93.